The van der Waals surface area contributed by atoms with Crippen LogP contribution in [0.25, 0.3) is 0 Å². The lowest BCUT2D eigenvalue weighted by molar-refractivity contribution is -0.0546. The van der Waals surface area contributed by atoms with Crippen molar-refractivity contribution in [3.63, 3.8) is 0 Å². The van der Waals surface area contributed by atoms with Gasteiger partial charge in [0.1, 0.15) is 0 Å². The molecular weight excluding hydrogens is 372 g/mol. The van der Waals surface area contributed by atoms with Gasteiger partial charge in [0.25, 0.3) is 0 Å². The van der Waals surface area contributed by atoms with Gasteiger partial charge in [0, 0.05) is 9.52 Å². The number of hydrogen-bond donors (Lipinski definition) is 0. The molecule has 0 amide bonds. The molecule has 152 valence electrons. The number of ether oxygens (including phenoxy) is 1. The molecule has 0 saturated heterocycles. The van der Waals surface area contributed by atoms with Gasteiger partial charge in [0.2, 0.25) is 0 Å². The highest BCUT2D eigenvalue weighted by Gasteiger charge is 2.31. The first-order chi connectivity index (χ1) is 13.0. The summed E-state index contributed by atoms with van der Waals surface area (Å²) < 4.78 is 56.5. The van der Waals surface area contributed by atoms with Gasteiger partial charge in [-0.1, -0.05) is 44.2 Å². The van der Waals surface area contributed by atoms with Crippen molar-refractivity contribution in [1.82, 2.24) is 0 Å². The molecule has 0 heterocycles. The molecule has 6 heteroatoms. The van der Waals surface area contributed by atoms with Crippen molar-refractivity contribution in [2.45, 2.75) is 82.4 Å². The van der Waals surface area contributed by atoms with E-state index in [1.165, 1.54) is 43.9 Å². The van der Waals surface area contributed by atoms with Crippen LogP contribution in [0.15, 0.2) is 12.1 Å². The van der Waals surface area contributed by atoms with Crippen LogP contribution in [0.4, 0.5) is 17.6 Å². The Morgan fingerprint density at radius 3 is 1.93 bits per heavy atom. The van der Waals surface area contributed by atoms with Crippen LogP contribution >= 0.6 is 0 Å². The normalized spacial score (nSPS) is 29.6. The van der Waals surface area contributed by atoms with Crippen LogP contribution in [-0.2, 0) is 0 Å². The molecule has 2 aliphatic rings. The van der Waals surface area contributed by atoms with E-state index in [-0.39, 0.29) is 15.4 Å². The minimum atomic E-state index is -3.23. The maximum absolute atomic E-state index is 14.0. The Hall–Kier alpha value is -1.04. The summed E-state index contributed by atoms with van der Waals surface area (Å²) in [6.45, 7) is -0.914. The monoisotopic (exact) mass is 402 g/mol. The van der Waals surface area contributed by atoms with E-state index in [0.717, 1.165) is 43.1 Å². The lowest BCUT2D eigenvalue weighted by Gasteiger charge is -2.38. The molecule has 0 radical (unpaired) electrons. The van der Waals surface area contributed by atoms with Gasteiger partial charge in [-0.3, -0.25) is 0 Å². The fourth-order valence-electron chi connectivity index (χ4n) is 5.30. The molecule has 2 aliphatic carbocycles. The summed E-state index contributed by atoms with van der Waals surface area (Å²) in [5.41, 5.74) is 1.62. The van der Waals surface area contributed by atoms with Crippen LogP contribution in [0.2, 0.25) is 11.6 Å². The van der Waals surface area contributed by atoms with Crippen molar-refractivity contribution < 1.29 is 22.3 Å². The Balaban J connectivity index is 1.55. The van der Waals surface area contributed by atoms with E-state index in [4.69, 9.17) is 0 Å². The third kappa shape index (κ3) is 5.27. The van der Waals surface area contributed by atoms with Crippen molar-refractivity contribution >= 4 is 9.52 Å². The molecule has 0 aromatic heterocycles. The highest BCUT2D eigenvalue weighted by molar-refractivity contribution is 6.37. The van der Waals surface area contributed by atoms with Crippen LogP contribution in [0.5, 0.6) is 5.75 Å². The average Bonchev–Trinajstić information content (AvgIpc) is 2.65. The second-order valence-electron chi connectivity index (χ2n) is 8.37. The van der Waals surface area contributed by atoms with Crippen LogP contribution in [0, 0.1) is 23.5 Å². The van der Waals surface area contributed by atoms with Gasteiger partial charge in [0.15, 0.2) is 17.4 Å². The quantitative estimate of drug-likeness (QED) is 0.394. The lowest BCUT2D eigenvalue weighted by atomic mass is 9.70. The zero-order valence-electron chi connectivity index (χ0n) is 16.0. The van der Waals surface area contributed by atoms with E-state index < -0.39 is 24.0 Å². The first-order valence-corrected chi connectivity index (χ1v) is 12.2. The molecule has 1 nitrogen and oxygen atoms in total. The molecule has 2 fully saturated rings. The molecule has 0 aliphatic heterocycles. The van der Waals surface area contributed by atoms with Gasteiger partial charge in [-0.25, -0.2) is 8.78 Å². The van der Waals surface area contributed by atoms with Crippen LogP contribution in [0.3, 0.4) is 0 Å². The second kappa shape index (κ2) is 9.44. The zero-order valence-corrected chi connectivity index (χ0v) is 17.4. The maximum atomic E-state index is 14.0. The lowest BCUT2D eigenvalue weighted by Crippen LogP contribution is -2.25. The Morgan fingerprint density at radius 2 is 1.44 bits per heavy atom. The molecular formula is C21H30F4OSi. The number of benzene rings is 1. The van der Waals surface area contributed by atoms with E-state index in [1.54, 1.807) is 0 Å². The summed E-state index contributed by atoms with van der Waals surface area (Å²) in [5, 5.41) is 0. The molecule has 0 N–H and O–H groups in total. The van der Waals surface area contributed by atoms with Crippen molar-refractivity contribution in [3.05, 3.63) is 29.3 Å². The van der Waals surface area contributed by atoms with Crippen LogP contribution in [0.1, 0.15) is 69.8 Å². The summed E-state index contributed by atoms with van der Waals surface area (Å²) >= 11 is 0. The Morgan fingerprint density at radius 1 is 0.926 bits per heavy atom. The van der Waals surface area contributed by atoms with Crippen LogP contribution in [-0.4, -0.2) is 16.1 Å². The van der Waals surface area contributed by atoms with Crippen LogP contribution < -0.4 is 4.74 Å². The fourth-order valence-corrected chi connectivity index (χ4v) is 7.16. The van der Waals surface area contributed by atoms with Crippen molar-refractivity contribution in [1.29, 1.82) is 0 Å². The second-order valence-corrected chi connectivity index (χ2v) is 11.1. The maximum Gasteiger partial charge on any atom is 0.387 e. The summed E-state index contributed by atoms with van der Waals surface area (Å²) in [6, 6.07) is 3.76. The van der Waals surface area contributed by atoms with Crippen molar-refractivity contribution in [3.8, 4) is 5.75 Å². The minimum absolute atomic E-state index is 0.106. The predicted octanol–water partition coefficient (Wildman–Crippen LogP) is 6.43. The minimum Gasteiger partial charge on any atom is -0.429 e. The highest BCUT2D eigenvalue weighted by Crippen LogP contribution is 2.45. The van der Waals surface area contributed by atoms with E-state index in [9.17, 15) is 17.6 Å². The highest BCUT2D eigenvalue weighted by atomic mass is 28.2. The largest absolute Gasteiger partial charge is 0.429 e. The Kier molecular flexibility index (Phi) is 7.23. The van der Waals surface area contributed by atoms with Crippen molar-refractivity contribution in [2.24, 2.45) is 11.8 Å². The van der Waals surface area contributed by atoms with E-state index >= 15 is 0 Å². The summed E-state index contributed by atoms with van der Waals surface area (Å²) in [4.78, 5) is 0. The van der Waals surface area contributed by atoms with E-state index in [1.807, 2.05) is 0 Å². The van der Waals surface area contributed by atoms with Gasteiger partial charge in [-0.05, 0) is 61.1 Å². The number of alkyl halides is 2. The summed E-state index contributed by atoms with van der Waals surface area (Å²) in [5.74, 6) is -1.38. The Bertz CT molecular complexity index is 585. The predicted molar refractivity (Wildman–Crippen MR) is 102 cm³/mol. The third-order valence-electron chi connectivity index (χ3n) is 6.73. The number of rotatable bonds is 6. The third-order valence-corrected chi connectivity index (χ3v) is 8.94. The van der Waals surface area contributed by atoms with Gasteiger partial charge in [-0.15, -0.1) is 0 Å². The smallest absolute Gasteiger partial charge is 0.387 e. The molecule has 0 unspecified atom stereocenters. The number of hydrogen-bond acceptors (Lipinski definition) is 1. The van der Waals surface area contributed by atoms with Gasteiger partial charge < -0.3 is 4.74 Å². The fraction of sp³-hybridized carbons (Fsp3) is 0.714. The molecule has 2 saturated carbocycles. The first-order valence-electron chi connectivity index (χ1n) is 10.4. The topological polar surface area (TPSA) is 9.23 Å². The van der Waals surface area contributed by atoms with Gasteiger partial charge in [-0.2, -0.15) is 8.78 Å². The van der Waals surface area contributed by atoms with Gasteiger partial charge in [0.05, 0.1) is 0 Å². The summed E-state index contributed by atoms with van der Waals surface area (Å²) in [7, 11) is 0.135. The standard InChI is InChI=1S/C21H30F4OSi/c1-2-27-17-9-7-14(8-10-17)13-3-5-15(6-4-13)16-11-18(22)20(19(23)12-16)26-21(24)25/h11-15,17,21H,2-10,27H2,1H3/t13-,14-,15-,17-. The van der Waals surface area contributed by atoms with Gasteiger partial charge >= 0.3 is 6.61 Å². The average molecular weight is 403 g/mol. The number of halogens is 4. The SMILES string of the molecule is CC[SiH2][C@H]1CC[C@H]([C@H]2CC[C@H](c3cc(F)c(OC(F)F)c(F)c3)CC2)CC1. The zero-order chi connectivity index (χ0) is 19.4. The molecule has 0 atom stereocenters. The Labute approximate surface area is 161 Å². The molecule has 1 aromatic carbocycles. The molecule has 0 bridgehead atoms. The first kappa shape index (κ1) is 20.7. The van der Waals surface area contributed by atoms with E-state index in [2.05, 4.69) is 11.7 Å². The molecule has 27 heavy (non-hydrogen) atoms. The summed E-state index contributed by atoms with van der Waals surface area (Å²) in [6.07, 6.45) is 9.57. The molecule has 3 rings (SSSR count). The van der Waals surface area contributed by atoms with E-state index in [0.29, 0.717) is 5.56 Å². The van der Waals surface area contributed by atoms with Crippen molar-refractivity contribution in [2.75, 3.05) is 0 Å². The molecule has 1 aromatic rings. The molecule has 0 spiro atoms.